The number of hydrogen-bond acceptors (Lipinski definition) is 4. The molecule has 0 fully saturated rings. The second kappa shape index (κ2) is 7.17. The minimum absolute atomic E-state index is 0.113. The van der Waals surface area contributed by atoms with E-state index in [1.807, 2.05) is 68.4 Å². The molecule has 0 bridgehead atoms. The van der Waals surface area contributed by atoms with Crippen LogP contribution in [0.1, 0.15) is 31.3 Å². The number of carbonyl (C=O) groups excluding carboxylic acids is 1. The highest BCUT2D eigenvalue weighted by atomic mass is 16.5. The van der Waals surface area contributed by atoms with Crippen molar-refractivity contribution in [2.24, 2.45) is 5.92 Å². The van der Waals surface area contributed by atoms with E-state index >= 15 is 0 Å². The Bertz CT molecular complexity index is 779. The highest BCUT2D eigenvalue weighted by molar-refractivity contribution is 5.72. The SMILES string of the molecule is CC(C)[C@H](NC(=O)OCc1ccccc1)c1nc2ccccc2o1. The van der Waals surface area contributed by atoms with E-state index in [-0.39, 0.29) is 18.6 Å². The first-order chi connectivity index (χ1) is 11.6. The lowest BCUT2D eigenvalue weighted by atomic mass is 10.1. The molecule has 5 nitrogen and oxygen atoms in total. The molecule has 1 N–H and O–H groups in total. The molecule has 24 heavy (non-hydrogen) atoms. The van der Waals surface area contributed by atoms with Crippen LogP contribution in [-0.2, 0) is 11.3 Å². The minimum Gasteiger partial charge on any atom is -0.445 e. The van der Waals surface area contributed by atoms with Gasteiger partial charge in [-0.05, 0) is 23.6 Å². The maximum atomic E-state index is 12.1. The molecule has 0 aliphatic rings. The number of hydrogen-bond donors (Lipinski definition) is 1. The number of carbonyl (C=O) groups is 1. The third-order valence-corrected chi connectivity index (χ3v) is 3.73. The van der Waals surface area contributed by atoms with E-state index in [0.29, 0.717) is 11.5 Å². The Balaban J connectivity index is 1.68. The maximum absolute atomic E-state index is 12.1. The summed E-state index contributed by atoms with van der Waals surface area (Å²) in [4.78, 5) is 16.6. The van der Waals surface area contributed by atoms with Gasteiger partial charge < -0.3 is 14.5 Å². The number of nitrogens with zero attached hydrogens (tertiary/aromatic N) is 1. The van der Waals surface area contributed by atoms with Crippen molar-refractivity contribution < 1.29 is 13.9 Å². The van der Waals surface area contributed by atoms with E-state index in [1.54, 1.807) is 0 Å². The number of rotatable bonds is 5. The van der Waals surface area contributed by atoms with Crippen molar-refractivity contribution in [3.05, 3.63) is 66.1 Å². The summed E-state index contributed by atoms with van der Waals surface area (Å²) < 4.78 is 11.1. The van der Waals surface area contributed by atoms with Crippen molar-refractivity contribution in [1.29, 1.82) is 0 Å². The fourth-order valence-corrected chi connectivity index (χ4v) is 2.43. The number of alkyl carbamates (subject to hydrolysis) is 1. The largest absolute Gasteiger partial charge is 0.445 e. The van der Waals surface area contributed by atoms with E-state index in [2.05, 4.69) is 10.3 Å². The van der Waals surface area contributed by atoms with Crippen LogP contribution in [0.2, 0.25) is 0 Å². The van der Waals surface area contributed by atoms with Crippen molar-refractivity contribution in [2.45, 2.75) is 26.5 Å². The van der Waals surface area contributed by atoms with E-state index in [9.17, 15) is 4.79 Å². The molecule has 0 aliphatic carbocycles. The Kier molecular flexibility index (Phi) is 4.79. The summed E-state index contributed by atoms with van der Waals surface area (Å²) in [6, 6.07) is 16.8. The predicted molar refractivity (Wildman–Crippen MR) is 91.4 cm³/mol. The Morgan fingerprint density at radius 1 is 1.12 bits per heavy atom. The molecule has 0 aliphatic heterocycles. The second-order valence-electron chi connectivity index (χ2n) is 5.95. The molecule has 1 atom stereocenters. The molecule has 3 rings (SSSR count). The quantitative estimate of drug-likeness (QED) is 0.753. The zero-order chi connectivity index (χ0) is 16.9. The first kappa shape index (κ1) is 16.1. The molecule has 0 saturated carbocycles. The molecular formula is C19H20N2O3. The summed E-state index contributed by atoms with van der Waals surface area (Å²) in [6.07, 6.45) is -0.486. The van der Waals surface area contributed by atoms with Crippen LogP contribution in [0.15, 0.2) is 59.0 Å². The van der Waals surface area contributed by atoms with Gasteiger partial charge in [-0.1, -0.05) is 56.3 Å². The summed E-state index contributed by atoms with van der Waals surface area (Å²) in [5.74, 6) is 0.602. The van der Waals surface area contributed by atoms with Crippen molar-refractivity contribution in [3.63, 3.8) is 0 Å². The van der Waals surface area contributed by atoms with Crippen LogP contribution in [-0.4, -0.2) is 11.1 Å². The van der Waals surface area contributed by atoms with E-state index in [1.165, 1.54) is 0 Å². The molecule has 0 unspecified atom stereocenters. The number of nitrogens with one attached hydrogen (secondary N) is 1. The van der Waals surface area contributed by atoms with Gasteiger partial charge in [-0.25, -0.2) is 9.78 Å². The standard InChI is InChI=1S/C19H20N2O3/c1-13(2)17(18-20-15-10-6-7-11-16(15)24-18)21-19(22)23-12-14-8-4-3-5-9-14/h3-11,13,17H,12H2,1-2H3,(H,21,22)/t17-/m0/s1. The summed E-state index contributed by atoms with van der Waals surface area (Å²) in [5, 5.41) is 2.85. The lowest BCUT2D eigenvalue weighted by Crippen LogP contribution is -2.32. The molecule has 3 aromatic rings. The molecule has 1 amide bonds. The van der Waals surface area contributed by atoms with Gasteiger partial charge in [0.1, 0.15) is 18.2 Å². The minimum atomic E-state index is -0.486. The van der Waals surface area contributed by atoms with Crippen LogP contribution >= 0.6 is 0 Å². The molecule has 5 heteroatoms. The van der Waals surface area contributed by atoms with Crippen LogP contribution in [0.25, 0.3) is 11.1 Å². The van der Waals surface area contributed by atoms with Crippen LogP contribution < -0.4 is 5.32 Å². The molecular weight excluding hydrogens is 304 g/mol. The van der Waals surface area contributed by atoms with Gasteiger partial charge in [-0.2, -0.15) is 0 Å². The van der Waals surface area contributed by atoms with Gasteiger partial charge in [0.25, 0.3) is 0 Å². The van der Waals surface area contributed by atoms with Gasteiger partial charge in [0.05, 0.1) is 0 Å². The van der Waals surface area contributed by atoms with Gasteiger partial charge >= 0.3 is 6.09 Å². The van der Waals surface area contributed by atoms with Crippen LogP contribution in [0.3, 0.4) is 0 Å². The average Bonchev–Trinajstić information content (AvgIpc) is 3.02. The number of oxazole rings is 1. The van der Waals surface area contributed by atoms with Gasteiger partial charge in [-0.3, -0.25) is 0 Å². The highest BCUT2D eigenvalue weighted by Gasteiger charge is 2.24. The maximum Gasteiger partial charge on any atom is 0.408 e. The first-order valence-electron chi connectivity index (χ1n) is 7.96. The van der Waals surface area contributed by atoms with Crippen LogP contribution in [0.5, 0.6) is 0 Å². The van der Waals surface area contributed by atoms with Gasteiger partial charge in [0.15, 0.2) is 5.58 Å². The fraction of sp³-hybridized carbons (Fsp3) is 0.263. The van der Waals surface area contributed by atoms with Crippen molar-refractivity contribution in [1.82, 2.24) is 10.3 Å². The molecule has 0 radical (unpaired) electrons. The van der Waals surface area contributed by atoms with Crippen LogP contribution in [0, 0.1) is 5.92 Å². The van der Waals surface area contributed by atoms with Gasteiger partial charge in [0.2, 0.25) is 5.89 Å². The number of aromatic nitrogens is 1. The van der Waals surface area contributed by atoms with Crippen molar-refractivity contribution in [2.75, 3.05) is 0 Å². The number of para-hydroxylation sites is 2. The van der Waals surface area contributed by atoms with E-state index in [4.69, 9.17) is 9.15 Å². The van der Waals surface area contributed by atoms with Crippen molar-refractivity contribution in [3.8, 4) is 0 Å². The van der Waals surface area contributed by atoms with Crippen molar-refractivity contribution >= 4 is 17.2 Å². The smallest absolute Gasteiger partial charge is 0.408 e. The molecule has 0 saturated heterocycles. The molecule has 1 aromatic heterocycles. The molecule has 2 aromatic carbocycles. The molecule has 124 valence electrons. The molecule has 0 spiro atoms. The highest BCUT2D eigenvalue weighted by Crippen LogP contribution is 2.25. The van der Waals surface area contributed by atoms with Crippen LogP contribution in [0.4, 0.5) is 4.79 Å². The Labute approximate surface area is 140 Å². The Morgan fingerprint density at radius 3 is 2.54 bits per heavy atom. The zero-order valence-electron chi connectivity index (χ0n) is 13.7. The number of benzene rings is 2. The number of ether oxygens (including phenoxy) is 1. The topological polar surface area (TPSA) is 64.4 Å². The lowest BCUT2D eigenvalue weighted by Gasteiger charge is -2.18. The normalized spacial score (nSPS) is 12.3. The average molecular weight is 324 g/mol. The van der Waals surface area contributed by atoms with Gasteiger partial charge in [0, 0.05) is 0 Å². The van der Waals surface area contributed by atoms with E-state index < -0.39 is 6.09 Å². The fourth-order valence-electron chi connectivity index (χ4n) is 2.43. The Morgan fingerprint density at radius 2 is 1.83 bits per heavy atom. The zero-order valence-corrected chi connectivity index (χ0v) is 13.7. The summed E-state index contributed by atoms with van der Waals surface area (Å²) >= 11 is 0. The summed E-state index contributed by atoms with van der Waals surface area (Å²) in [7, 11) is 0. The molecule has 1 heterocycles. The third kappa shape index (κ3) is 3.74. The monoisotopic (exact) mass is 324 g/mol. The predicted octanol–water partition coefficient (Wildman–Crippen LogP) is 4.45. The lowest BCUT2D eigenvalue weighted by molar-refractivity contribution is 0.130. The summed E-state index contributed by atoms with van der Waals surface area (Å²) in [6.45, 7) is 4.22. The Hall–Kier alpha value is -2.82. The third-order valence-electron chi connectivity index (χ3n) is 3.73. The first-order valence-corrected chi connectivity index (χ1v) is 7.96. The number of amides is 1. The summed E-state index contributed by atoms with van der Waals surface area (Å²) in [5.41, 5.74) is 2.42. The van der Waals surface area contributed by atoms with E-state index in [0.717, 1.165) is 11.1 Å². The number of fused-ring (bicyclic) bond motifs is 1. The second-order valence-corrected chi connectivity index (χ2v) is 5.95. The van der Waals surface area contributed by atoms with Gasteiger partial charge in [-0.15, -0.1) is 0 Å².